The Morgan fingerprint density at radius 2 is 1.25 bits per heavy atom. The Balaban J connectivity index is 3.20. The maximum Gasteiger partial charge on any atom is -0.0314 e. The highest BCUT2D eigenvalue weighted by molar-refractivity contribution is 5.48. The van der Waals surface area contributed by atoms with Crippen LogP contribution < -0.4 is 10.2 Å². The zero-order valence-electron chi connectivity index (χ0n) is 7.39. The van der Waals surface area contributed by atoms with Gasteiger partial charge in [0.05, 0.1) is 0 Å². The van der Waals surface area contributed by atoms with Crippen LogP contribution in [0.25, 0.3) is 0 Å². The second-order valence-corrected chi connectivity index (χ2v) is 2.75. The topological polar surface area (TPSA) is 46.1 Å². The van der Waals surface area contributed by atoms with Gasteiger partial charge in [-0.3, -0.25) is 0 Å². The summed E-state index contributed by atoms with van der Waals surface area (Å²) in [5, 5.41) is 22.5. The van der Waals surface area contributed by atoms with E-state index in [0.717, 1.165) is 0 Å². The minimum absolute atomic E-state index is 0.322. The summed E-state index contributed by atoms with van der Waals surface area (Å²) in [6.45, 7) is 3.75. The monoisotopic (exact) mass is 164 g/mol. The van der Waals surface area contributed by atoms with Crippen molar-refractivity contribution in [1.29, 1.82) is 0 Å². The summed E-state index contributed by atoms with van der Waals surface area (Å²) in [7, 11) is 0. The van der Waals surface area contributed by atoms with Gasteiger partial charge in [0, 0.05) is 0 Å². The molecule has 0 spiro atoms. The molecule has 0 unspecified atom stereocenters. The molecule has 0 fully saturated rings. The van der Waals surface area contributed by atoms with Crippen molar-refractivity contribution in [2.45, 2.75) is 26.7 Å². The van der Waals surface area contributed by atoms with E-state index in [4.69, 9.17) is 0 Å². The molecule has 12 heavy (non-hydrogen) atoms. The summed E-state index contributed by atoms with van der Waals surface area (Å²) in [6.07, 6.45) is 1.27. The lowest BCUT2D eigenvalue weighted by Crippen LogP contribution is -2.05. The molecule has 2 heteroatoms. The van der Waals surface area contributed by atoms with Gasteiger partial charge in [0.2, 0.25) is 0 Å². The predicted molar refractivity (Wildman–Crippen MR) is 44.1 cm³/mol. The molecule has 66 valence electrons. The molecule has 0 aliphatic rings. The first-order valence-electron chi connectivity index (χ1n) is 4.19. The van der Waals surface area contributed by atoms with Gasteiger partial charge in [-0.25, -0.2) is 0 Å². The Morgan fingerprint density at radius 1 is 0.917 bits per heavy atom. The third kappa shape index (κ3) is 1.37. The SMILES string of the molecule is CCc1ccc(CC)c([O-])c1[O-]. The lowest BCUT2D eigenvalue weighted by molar-refractivity contribution is -0.318. The van der Waals surface area contributed by atoms with Gasteiger partial charge in [-0.2, -0.15) is 0 Å². The molecule has 1 aromatic carbocycles. The van der Waals surface area contributed by atoms with Crippen molar-refractivity contribution in [3.63, 3.8) is 0 Å². The van der Waals surface area contributed by atoms with Crippen LogP contribution in [0.3, 0.4) is 0 Å². The molecule has 1 rings (SSSR count). The van der Waals surface area contributed by atoms with E-state index >= 15 is 0 Å². The van der Waals surface area contributed by atoms with Gasteiger partial charge >= 0.3 is 0 Å². The first kappa shape index (κ1) is 8.91. The minimum atomic E-state index is -0.322. The fraction of sp³-hybridized carbons (Fsp3) is 0.400. The number of rotatable bonds is 2. The zero-order valence-corrected chi connectivity index (χ0v) is 7.39. The Hall–Kier alpha value is -1.18. The smallest absolute Gasteiger partial charge is 0.0314 e. The number of aryl methyl sites for hydroxylation is 2. The fourth-order valence-corrected chi connectivity index (χ4v) is 1.20. The van der Waals surface area contributed by atoms with Crippen LogP contribution in [0.15, 0.2) is 12.1 Å². The van der Waals surface area contributed by atoms with Gasteiger partial charge < -0.3 is 10.2 Å². The summed E-state index contributed by atoms with van der Waals surface area (Å²) >= 11 is 0. The summed E-state index contributed by atoms with van der Waals surface area (Å²) < 4.78 is 0. The molecule has 0 bridgehead atoms. The van der Waals surface area contributed by atoms with E-state index in [9.17, 15) is 10.2 Å². The fourth-order valence-electron chi connectivity index (χ4n) is 1.20. The molecule has 1 aromatic rings. The van der Waals surface area contributed by atoms with Crippen LogP contribution >= 0.6 is 0 Å². The molecule has 0 aliphatic carbocycles. The molecule has 0 radical (unpaired) electrons. The molecular weight excluding hydrogens is 152 g/mol. The van der Waals surface area contributed by atoms with Crippen LogP contribution in [0.1, 0.15) is 25.0 Å². The van der Waals surface area contributed by atoms with Crippen LogP contribution in [0.5, 0.6) is 11.5 Å². The molecule has 0 saturated heterocycles. The maximum atomic E-state index is 11.3. The highest BCUT2D eigenvalue weighted by Gasteiger charge is 1.95. The van der Waals surface area contributed by atoms with Crippen molar-refractivity contribution in [2.75, 3.05) is 0 Å². The predicted octanol–water partition coefficient (Wildman–Crippen LogP) is 0.959. The average Bonchev–Trinajstić information content (AvgIpc) is 2.10. The van der Waals surface area contributed by atoms with E-state index in [0.29, 0.717) is 24.0 Å². The van der Waals surface area contributed by atoms with Crippen molar-refractivity contribution >= 4 is 0 Å². The first-order chi connectivity index (χ1) is 5.70. The van der Waals surface area contributed by atoms with Crippen LogP contribution in [0.2, 0.25) is 0 Å². The summed E-state index contributed by atoms with van der Waals surface area (Å²) in [5.74, 6) is -0.645. The van der Waals surface area contributed by atoms with E-state index in [1.54, 1.807) is 12.1 Å². The van der Waals surface area contributed by atoms with E-state index < -0.39 is 0 Å². The Morgan fingerprint density at radius 3 is 1.50 bits per heavy atom. The van der Waals surface area contributed by atoms with Gasteiger partial charge in [0.25, 0.3) is 0 Å². The minimum Gasteiger partial charge on any atom is -0.873 e. The number of hydrogen-bond donors (Lipinski definition) is 0. The molecule has 0 N–H and O–H groups in total. The lowest BCUT2D eigenvalue weighted by Gasteiger charge is -2.24. The number of benzene rings is 1. The molecule has 0 amide bonds. The Bertz CT molecular complexity index is 250. The summed E-state index contributed by atoms with van der Waals surface area (Å²) in [6, 6.07) is 3.51. The molecule has 2 nitrogen and oxygen atoms in total. The van der Waals surface area contributed by atoms with Gasteiger partial charge in [0.15, 0.2) is 0 Å². The number of hydrogen-bond acceptors (Lipinski definition) is 2. The summed E-state index contributed by atoms with van der Waals surface area (Å²) in [4.78, 5) is 0. The molecular formula is C10H12O2-2. The van der Waals surface area contributed by atoms with Gasteiger partial charge in [0.1, 0.15) is 0 Å². The molecule has 0 saturated carbocycles. The quantitative estimate of drug-likeness (QED) is 0.653. The molecule has 0 aromatic heterocycles. The first-order valence-corrected chi connectivity index (χ1v) is 4.19. The third-order valence-corrected chi connectivity index (χ3v) is 2.04. The van der Waals surface area contributed by atoms with Crippen molar-refractivity contribution in [1.82, 2.24) is 0 Å². The van der Waals surface area contributed by atoms with Gasteiger partial charge in [-0.1, -0.05) is 37.1 Å². The van der Waals surface area contributed by atoms with Gasteiger partial charge in [-0.05, 0) is 12.8 Å². The normalized spacial score (nSPS) is 10.2. The Labute approximate surface area is 72.5 Å². The van der Waals surface area contributed by atoms with E-state index in [2.05, 4.69) is 0 Å². The zero-order chi connectivity index (χ0) is 9.14. The highest BCUT2D eigenvalue weighted by atomic mass is 16.3. The molecule has 0 atom stereocenters. The van der Waals surface area contributed by atoms with Crippen LogP contribution in [-0.4, -0.2) is 0 Å². The average molecular weight is 164 g/mol. The van der Waals surface area contributed by atoms with Crippen molar-refractivity contribution in [3.8, 4) is 11.5 Å². The van der Waals surface area contributed by atoms with Crippen LogP contribution in [-0.2, 0) is 12.8 Å². The van der Waals surface area contributed by atoms with E-state index in [-0.39, 0.29) is 11.5 Å². The highest BCUT2D eigenvalue weighted by Crippen LogP contribution is 2.27. The van der Waals surface area contributed by atoms with E-state index in [1.807, 2.05) is 13.8 Å². The second kappa shape index (κ2) is 3.48. The van der Waals surface area contributed by atoms with Crippen molar-refractivity contribution < 1.29 is 10.2 Å². The standard InChI is InChI=1S/C10H14O2/c1-3-7-5-6-8(4-2)10(12)9(7)11/h5-6,11-12H,3-4H2,1-2H3/p-2. The maximum absolute atomic E-state index is 11.3. The largest absolute Gasteiger partial charge is 0.873 e. The van der Waals surface area contributed by atoms with Crippen LogP contribution in [0, 0.1) is 0 Å². The van der Waals surface area contributed by atoms with Gasteiger partial charge in [-0.15, -0.1) is 11.5 Å². The van der Waals surface area contributed by atoms with Crippen molar-refractivity contribution in [2.24, 2.45) is 0 Å². The third-order valence-electron chi connectivity index (χ3n) is 2.04. The molecule has 0 heterocycles. The second-order valence-electron chi connectivity index (χ2n) is 2.75. The molecule has 0 aliphatic heterocycles. The van der Waals surface area contributed by atoms with E-state index in [1.165, 1.54) is 0 Å². The van der Waals surface area contributed by atoms with Crippen LogP contribution in [0.4, 0.5) is 0 Å². The lowest BCUT2D eigenvalue weighted by atomic mass is 10.1. The summed E-state index contributed by atoms with van der Waals surface area (Å²) in [5.41, 5.74) is 1.24. The Kier molecular flexibility index (Phi) is 2.58. The van der Waals surface area contributed by atoms with Crippen molar-refractivity contribution in [3.05, 3.63) is 23.3 Å².